The molecule has 0 aliphatic heterocycles. The van der Waals surface area contributed by atoms with E-state index in [0.29, 0.717) is 6.54 Å². The van der Waals surface area contributed by atoms with Gasteiger partial charge >= 0.3 is 0 Å². The van der Waals surface area contributed by atoms with E-state index < -0.39 is 0 Å². The number of hydrogen-bond acceptors (Lipinski definition) is 3. The monoisotopic (exact) mass is 303 g/mol. The number of hydrogen-bond donors (Lipinski definition) is 1. The number of nitrogens with zero attached hydrogens (tertiary/aromatic N) is 2. The van der Waals surface area contributed by atoms with E-state index in [0.717, 1.165) is 28.4 Å². The largest absolute Gasteiger partial charge is 0.353 e. The second-order valence-electron chi connectivity index (χ2n) is 5.33. The second-order valence-corrected chi connectivity index (χ2v) is 5.74. The van der Waals surface area contributed by atoms with Crippen molar-refractivity contribution in [1.29, 1.82) is 0 Å². The minimum absolute atomic E-state index is 0.158. The third kappa shape index (κ3) is 3.55. The van der Waals surface area contributed by atoms with Crippen LogP contribution in [-0.4, -0.2) is 18.6 Å². The summed E-state index contributed by atoms with van der Waals surface area (Å²) in [5.41, 5.74) is 9.04. The smallest absolute Gasteiger partial charge is 0.131 e. The van der Waals surface area contributed by atoms with E-state index in [-0.39, 0.29) is 6.04 Å². The first kappa shape index (κ1) is 15.8. The molecule has 0 spiro atoms. The van der Waals surface area contributed by atoms with Gasteiger partial charge in [0.05, 0.1) is 6.04 Å². The van der Waals surface area contributed by atoms with Crippen molar-refractivity contribution in [1.82, 2.24) is 4.98 Å². The lowest BCUT2D eigenvalue weighted by molar-refractivity contribution is 0.725. The Morgan fingerprint density at radius 1 is 1.33 bits per heavy atom. The van der Waals surface area contributed by atoms with Crippen molar-refractivity contribution >= 4 is 17.4 Å². The van der Waals surface area contributed by atoms with Gasteiger partial charge in [0, 0.05) is 18.3 Å². The Labute approximate surface area is 131 Å². The van der Waals surface area contributed by atoms with E-state index in [1.807, 2.05) is 31.4 Å². The van der Waals surface area contributed by atoms with Crippen LogP contribution in [0.3, 0.4) is 0 Å². The van der Waals surface area contributed by atoms with Crippen LogP contribution in [0.15, 0.2) is 36.5 Å². The van der Waals surface area contributed by atoms with Gasteiger partial charge < -0.3 is 10.6 Å². The molecule has 2 rings (SSSR count). The summed E-state index contributed by atoms with van der Waals surface area (Å²) in [5.74, 6) is 0.975. The van der Waals surface area contributed by atoms with Crippen LogP contribution < -0.4 is 10.6 Å². The molecule has 0 bridgehead atoms. The van der Waals surface area contributed by atoms with Crippen LogP contribution in [-0.2, 0) is 6.42 Å². The molecule has 1 atom stereocenters. The highest BCUT2D eigenvalue weighted by Gasteiger charge is 2.17. The summed E-state index contributed by atoms with van der Waals surface area (Å²) in [6.45, 7) is 4.86. The zero-order chi connectivity index (χ0) is 15.4. The van der Waals surface area contributed by atoms with Gasteiger partial charge in [-0.25, -0.2) is 4.98 Å². The molecule has 112 valence electrons. The molecule has 1 aromatic heterocycles. The topological polar surface area (TPSA) is 42.1 Å². The molecule has 0 radical (unpaired) electrons. The zero-order valence-electron chi connectivity index (χ0n) is 12.8. The summed E-state index contributed by atoms with van der Waals surface area (Å²) in [6, 6.07) is 10.3. The number of aromatic nitrogens is 1. The number of halogens is 1. The van der Waals surface area contributed by atoms with E-state index in [4.69, 9.17) is 17.3 Å². The molecule has 3 nitrogen and oxygen atoms in total. The van der Waals surface area contributed by atoms with E-state index >= 15 is 0 Å². The predicted octanol–water partition coefficient (Wildman–Crippen LogP) is 3.74. The standard InChI is InChI=1S/C17H22ClN3/c1-12-10-14(8-9-19)11-20-17(12)21(3)13(2)15-6-4-5-7-16(15)18/h4-7,10-11,13H,8-9,19H2,1-3H3. The van der Waals surface area contributed by atoms with Crippen molar-refractivity contribution in [3.05, 3.63) is 58.2 Å². The third-order valence-corrected chi connectivity index (χ3v) is 4.15. The maximum Gasteiger partial charge on any atom is 0.131 e. The molecule has 0 saturated heterocycles. The summed E-state index contributed by atoms with van der Waals surface area (Å²) in [6.07, 6.45) is 2.77. The maximum absolute atomic E-state index is 6.30. The third-order valence-electron chi connectivity index (χ3n) is 3.81. The lowest BCUT2D eigenvalue weighted by Gasteiger charge is -2.28. The van der Waals surface area contributed by atoms with Crippen LogP contribution in [0, 0.1) is 6.92 Å². The van der Waals surface area contributed by atoms with Crippen LogP contribution in [0.4, 0.5) is 5.82 Å². The van der Waals surface area contributed by atoms with Gasteiger partial charge in [0.25, 0.3) is 0 Å². The molecule has 0 saturated carbocycles. The molecule has 1 aromatic carbocycles. The van der Waals surface area contributed by atoms with E-state index in [1.165, 1.54) is 5.56 Å². The van der Waals surface area contributed by atoms with Crippen molar-refractivity contribution in [2.24, 2.45) is 5.73 Å². The highest BCUT2D eigenvalue weighted by Crippen LogP contribution is 2.30. The fraction of sp³-hybridized carbons (Fsp3) is 0.353. The first-order valence-corrected chi connectivity index (χ1v) is 7.55. The molecule has 2 aromatic rings. The van der Waals surface area contributed by atoms with Crippen molar-refractivity contribution in [3.63, 3.8) is 0 Å². The molecule has 0 fully saturated rings. The molecule has 21 heavy (non-hydrogen) atoms. The Morgan fingerprint density at radius 3 is 2.67 bits per heavy atom. The first-order chi connectivity index (χ1) is 10.0. The normalized spacial score (nSPS) is 12.2. The number of anilines is 1. The highest BCUT2D eigenvalue weighted by molar-refractivity contribution is 6.31. The van der Waals surface area contributed by atoms with Crippen LogP contribution >= 0.6 is 11.6 Å². The highest BCUT2D eigenvalue weighted by atomic mass is 35.5. The summed E-state index contributed by atoms with van der Waals surface area (Å²) < 4.78 is 0. The first-order valence-electron chi connectivity index (χ1n) is 7.17. The Balaban J connectivity index is 2.27. The van der Waals surface area contributed by atoms with E-state index in [1.54, 1.807) is 0 Å². The minimum Gasteiger partial charge on any atom is -0.353 e. The summed E-state index contributed by atoms with van der Waals surface area (Å²) in [5, 5.41) is 0.786. The molecule has 1 unspecified atom stereocenters. The molecule has 4 heteroatoms. The Kier molecular flexibility index (Phi) is 5.21. The average Bonchev–Trinajstić information content (AvgIpc) is 2.47. The molecule has 1 heterocycles. The number of aryl methyl sites for hydroxylation is 1. The van der Waals surface area contributed by atoms with Crippen LogP contribution in [0.2, 0.25) is 5.02 Å². The fourth-order valence-electron chi connectivity index (χ4n) is 2.50. The SMILES string of the molecule is Cc1cc(CCN)cnc1N(C)C(C)c1ccccc1Cl. The van der Waals surface area contributed by atoms with Gasteiger partial charge in [-0.15, -0.1) is 0 Å². The predicted molar refractivity (Wildman–Crippen MR) is 90.0 cm³/mol. The Hall–Kier alpha value is -1.58. The summed E-state index contributed by atoms with van der Waals surface area (Å²) in [4.78, 5) is 6.76. The quantitative estimate of drug-likeness (QED) is 0.915. The number of pyridine rings is 1. The van der Waals surface area contributed by atoms with Gasteiger partial charge in [0.2, 0.25) is 0 Å². The van der Waals surface area contributed by atoms with Gasteiger partial charge in [-0.05, 0) is 49.6 Å². The number of benzene rings is 1. The van der Waals surface area contributed by atoms with Gasteiger partial charge in [0.15, 0.2) is 0 Å². The number of rotatable bonds is 5. The summed E-state index contributed by atoms with van der Waals surface area (Å²) >= 11 is 6.30. The van der Waals surface area contributed by atoms with Gasteiger partial charge in [-0.3, -0.25) is 0 Å². The van der Waals surface area contributed by atoms with Crippen molar-refractivity contribution in [2.75, 3.05) is 18.5 Å². The second kappa shape index (κ2) is 6.92. The Morgan fingerprint density at radius 2 is 2.05 bits per heavy atom. The van der Waals surface area contributed by atoms with Crippen molar-refractivity contribution < 1.29 is 0 Å². The molecule has 0 amide bonds. The zero-order valence-corrected chi connectivity index (χ0v) is 13.6. The Bertz CT molecular complexity index is 613. The molecule has 0 aliphatic rings. The van der Waals surface area contributed by atoms with E-state index in [2.05, 4.69) is 35.9 Å². The van der Waals surface area contributed by atoms with Crippen molar-refractivity contribution in [3.8, 4) is 0 Å². The minimum atomic E-state index is 0.158. The van der Waals surface area contributed by atoms with Crippen molar-refractivity contribution in [2.45, 2.75) is 26.3 Å². The van der Waals surface area contributed by atoms with Crippen LogP contribution in [0.1, 0.15) is 29.7 Å². The van der Waals surface area contributed by atoms with Gasteiger partial charge in [-0.2, -0.15) is 0 Å². The molecule has 2 N–H and O–H groups in total. The fourth-order valence-corrected chi connectivity index (χ4v) is 2.80. The number of nitrogens with two attached hydrogens (primary N) is 1. The molecular weight excluding hydrogens is 282 g/mol. The maximum atomic E-state index is 6.30. The molecular formula is C17H22ClN3. The summed E-state index contributed by atoms with van der Waals surface area (Å²) in [7, 11) is 2.05. The molecule has 0 aliphatic carbocycles. The van der Waals surface area contributed by atoms with Crippen LogP contribution in [0.5, 0.6) is 0 Å². The van der Waals surface area contributed by atoms with Gasteiger partial charge in [-0.1, -0.05) is 35.9 Å². The van der Waals surface area contributed by atoms with Gasteiger partial charge in [0.1, 0.15) is 5.82 Å². The van der Waals surface area contributed by atoms with E-state index in [9.17, 15) is 0 Å². The lowest BCUT2D eigenvalue weighted by atomic mass is 10.1. The van der Waals surface area contributed by atoms with Crippen LogP contribution in [0.25, 0.3) is 0 Å². The average molecular weight is 304 g/mol. The lowest BCUT2D eigenvalue weighted by Crippen LogP contribution is -2.24.